The van der Waals surface area contributed by atoms with Crippen molar-refractivity contribution >= 4 is 11.8 Å². The third-order valence-corrected chi connectivity index (χ3v) is 3.11. The predicted molar refractivity (Wildman–Crippen MR) is 79.7 cm³/mol. The molecular formula is C15H20N4. The Hall–Kier alpha value is -2.10. The Labute approximate surface area is 114 Å². The summed E-state index contributed by atoms with van der Waals surface area (Å²) in [6.45, 7) is 2.97. The summed E-state index contributed by atoms with van der Waals surface area (Å²) in [5.41, 5.74) is 2.43. The van der Waals surface area contributed by atoms with Gasteiger partial charge in [-0.1, -0.05) is 30.3 Å². The topological polar surface area (TPSA) is 41.1 Å². The first-order chi connectivity index (χ1) is 9.20. The lowest BCUT2D eigenvalue weighted by molar-refractivity contribution is 0.850. The van der Waals surface area contributed by atoms with Crippen LogP contribution in [0.1, 0.15) is 11.1 Å². The quantitative estimate of drug-likeness (QED) is 0.892. The maximum atomic E-state index is 4.51. The van der Waals surface area contributed by atoms with Gasteiger partial charge in [-0.05, 0) is 18.9 Å². The van der Waals surface area contributed by atoms with Gasteiger partial charge >= 0.3 is 0 Å². The predicted octanol–water partition coefficient (Wildman–Crippen LogP) is 2.51. The van der Waals surface area contributed by atoms with Crippen LogP contribution in [0.2, 0.25) is 0 Å². The normalized spacial score (nSPS) is 10.3. The molecule has 0 aliphatic heterocycles. The van der Waals surface area contributed by atoms with Crippen molar-refractivity contribution in [2.24, 2.45) is 0 Å². The van der Waals surface area contributed by atoms with Crippen LogP contribution in [0, 0.1) is 6.92 Å². The van der Waals surface area contributed by atoms with Gasteiger partial charge in [-0.25, -0.2) is 4.98 Å². The molecule has 1 aromatic heterocycles. The van der Waals surface area contributed by atoms with Crippen LogP contribution in [0.4, 0.5) is 11.8 Å². The number of hydrogen-bond acceptors (Lipinski definition) is 4. The molecule has 0 unspecified atom stereocenters. The molecule has 0 fully saturated rings. The maximum Gasteiger partial charge on any atom is 0.224 e. The number of aromatic nitrogens is 2. The molecule has 2 aromatic rings. The minimum atomic E-state index is 0.659. The van der Waals surface area contributed by atoms with Crippen LogP contribution in [-0.2, 0) is 6.42 Å². The first-order valence-corrected chi connectivity index (χ1v) is 6.47. The highest BCUT2D eigenvalue weighted by Crippen LogP contribution is 2.16. The Morgan fingerprint density at radius 3 is 2.63 bits per heavy atom. The van der Waals surface area contributed by atoms with Crippen LogP contribution in [0.15, 0.2) is 36.5 Å². The highest BCUT2D eigenvalue weighted by Gasteiger charge is 2.08. The first-order valence-electron chi connectivity index (χ1n) is 6.47. The average Bonchev–Trinajstić information content (AvgIpc) is 2.46. The summed E-state index contributed by atoms with van der Waals surface area (Å²) in [6.07, 6.45) is 2.86. The molecule has 1 heterocycles. The minimum absolute atomic E-state index is 0.659. The van der Waals surface area contributed by atoms with E-state index in [9.17, 15) is 0 Å². The summed E-state index contributed by atoms with van der Waals surface area (Å²) in [6, 6.07) is 10.5. The fraction of sp³-hybridized carbons (Fsp3) is 0.333. The molecule has 100 valence electrons. The fourth-order valence-corrected chi connectivity index (χ4v) is 1.99. The molecule has 0 spiro atoms. The summed E-state index contributed by atoms with van der Waals surface area (Å²) in [5, 5.41) is 2.97. The van der Waals surface area contributed by atoms with E-state index in [4.69, 9.17) is 0 Å². The minimum Gasteiger partial charge on any atom is -0.359 e. The van der Waals surface area contributed by atoms with Gasteiger partial charge in [0.1, 0.15) is 5.82 Å². The molecule has 0 amide bonds. The third-order valence-electron chi connectivity index (χ3n) is 3.11. The summed E-state index contributed by atoms with van der Waals surface area (Å²) in [7, 11) is 3.90. The van der Waals surface area contributed by atoms with E-state index in [1.54, 1.807) is 0 Å². The van der Waals surface area contributed by atoms with Gasteiger partial charge in [-0.15, -0.1) is 0 Å². The van der Waals surface area contributed by atoms with Crippen molar-refractivity contribution in [3.63, 3.8) is 0 Å². The van der Waals surface area contributed by atoms with Gasteiger partial charge in [0.05, 0.1) is 0 Å². The number of nitrogens with zero attached hydrogens (tertiary/aromatic N) is 3. The zero-order chi connectivity index (χ0) is 13.7. The fourth-order valence-electron chi connectivity index (χ4n) is 1.99. The van der Waals surface area contributed by atoms with E-state index in [0.29, 0.717) is 5.95 Å². The molecule has 0 aliphatic carbocycles. The van der Waals surface area contributed by atoms with Crippen LogP contribution in [0.3, 0.4) is 0 Å². The maximum absolute atomic E-state index is 4.51. The molecule has 0 bridgehead atoms. The van der Waals surface area contributed by atoms with Gasteiger partial charge in [0.25, 0.3) is 0 Å². The molecule has 0 aliphatic rings. The van der Waals surface area contributed by atoms with Gasteiger partial charge < -0.3 is 10.2 Å². The summed E-state index contributed by atoms with van der Waals surface area (Å²) in [4.78, 5) is 10.9. The molecule has 4 heteroatoms. The smallest absolute Gasteiger partial charge is 0.224 e. The van der Waals surface area contributed by atoms with Gasteiger partial charge in [0.15, 0.2) is 0 Å². The van der Waals surface area contributed by atoms with Crippen molar-refractivity contribution in [2.75, 3.05) is 30.9 Å². The molecule has 1 N–H and O–H groups in total. The van der Waals surface area contributed by atoms with Crippen LogP contribution in [0.5, 0.6) is 0 Å². The Balaban J connectivity index is 2.05. The van der Waals surface area contributed by atoms with Crippen LogP contribution >= 0.6 is 0 Å². The Morgan fingerprint density at radius 1 is 1.21 bits per heavy atom. The standard InChI is InChI=1S/C15H20N4/c1-12-11-17-15(16-2)18-14(12)19(3)10-9-13-7-5-4-6-8-13/h4-8,11H,9-10H2,1-3H3,(H,16,17,18). The van der Waals surface area contributed by atoms with E-state index in [1.807, 2.05) is 26.2 Å². The summed E-state index contributed by atoms with van der Waals surface area (Å²) < 4.78 is 0. The molecule has 0 radical (unpaired) electrons. The van der Waals surface area contributed by atoms with Crippen LogP contribution < -0.4 is 10.2 Å². The summed E-state index contributed by atoms with van der Waals surface area (Å²) in [5.74, 6) is 1.64. The zero-order valence-corrected chi connectivity index (χ0v) is 11.7. The Kier molecular flexibility index (Phi) is 4.34. The van der Waals surface area contributed by atoms with E-state index < -0.39 is 0 Å². The van der Waals surface area contributed by atoms with Crippen molar-refractivity contribution in [3.05, 3.63) is 47.7 Å². The van der Waals surface area contributed by atoms with Gasteiger partial charge in [0, 0.05) is 32.4 Å². The Bertz CT molecular complexity index is 525. The molecule has 19 heavy (non-hydrogen) atoms. The number of rotatable bonds is 5. The summed E-state index contributed by atoms with van der Waals surface area (Å²) >= 11 is 0. The average molecular weight is 256 g/mol. The molecule has 2 rings (SSSR count). The monoisotopic (exact) mass is 256 g/mol. The first kappa shape index (κ1) is 13.3. The van der Waals surface area contributed by atoms with Crippen molar-refractivity contribution in [1.29, 1.82) is 0 Å². The SMILES string of the molecule is CNc1ncc(C)c(N(C)CCc2ccccc2)n1. The molecule has 0 atom stereocenters. The van der Waals surface area contributed by atoms with Gasteiger partial charge in [-0.2, -0.15) is 4.98 Å². The third kappa shape index (κ3) is 3.44. The molecule has 0 saturated carbocycles. The largest absolute Gasteiger partial charge is 0.359 e. The van der Waals surface area contributed by atoms with E-state index in [-0.39, 0.29) is 0 Å². The van der Waals surface area contributed by atoms with E-state index >= 15 is 0 Å². The molecule has 1 aromatic carbocycles. The van der Waals surface area contributed by atoms with Crippen molar-refractivity contribution < 1.29 is 0 Å². The van der Waals surface area contributed by atoms with Gasteiger partial charge in [-0.3, -0.25) is 0 Å². The number of nitrogens with one attached hydrogen (secondary N) is 1. The number of hydrogen-bond donors (Lipinski definition) is 1. The number of likely N-dealkylation sites (N-methyl/N-ethyl adjacent to an activating group) is 1. The zero-order valence-electron chi connectivity index (χ0n) is 11.7. The van der Waals surface area contributed by atoms with E-state index in [2.05, 4.69) is 51.5 Å². The second kappa shape index (κ2) is 6.18. The number of anilines is 2. The van der Waals surface area contributed by atoms with Crippen LogP contribution in [-0.4, -0.2) is 30.6 Å². The van der Waals surface area contributed by atoms with Crippen molar-refractivity contribution in [3.8, 4) is 0 Å². The molecular weight excluding hydrogens is 236 g/mol. The second-order valence-electron chi connectivity index (χ2n) is 4.61. The van der Waals surface area contributed by atoms with E-state index in [0.717, 1.165) is 24.3 Å². The number of aryl methyl sites for hydroxylation is 1. The highest BCUT2D eigenvalue weighted by atomic mass is 15.2. The van der Waals surface area contributed by atoms with Crippen molar-refractivity contribution in [2.45, 2.75) is 13.3 Å². The lowest BCUT2D eigenvalue weighted by atomic mass is 10.1. The van der Waals surface area contributed by atoms with E-state index in [1.165, 1.54) is 5.56 Å². The second-order valence-corrected chi connectivity index (χ2v) is 4.61. The lowest BCUT2D eigenvalue weighted by Gasteiger charge is -2.20. The Morgan fingerprint density at radius 2 is 1.95 bits per heavy atom. The lowest BCUT2D eigenvalue weighted by Crippen LogP contribution is -2.23. The number of benzene rings is 1. The van der Waals surface area contributed by atoms with Crippen molar-refractivity contribution in [1.82, 2.24) is 9.97 Å². The van der Waals surface area contributed by atoms with Gasteiger partial charge in [0.2, 0.25) is 5.95 Å². The molecule has 4 nitrogen and oxygen atoms in total. The molecule has 0 saturated heterocycles. The van der Waals surface area contributed by atoms with Crippen LogP contribution in [0.25, 0.3) is 0 Å². The highest BCUT2D eigenvalue weighted by molar-refractivity contribution is 5.48.